The molecule has 0 fully saturated rings. The van der Waals surface area contributed by atoms with Crippen molar-refractivity contribution in [1.82, 2.24) is 9.97 Å². The normalized spacial score (nSPS) is 10.5. The zero-order chi connectivity index (χ0) is 15.9. The Morgan fingerprint density at radius 2 is 2.23 bits per heavy atom. The van der Waals surface area contributed by atoms with E-state index in [0.717, 1.165) is 17.4 Å². The highest BCUT2D eigenvalue weighted by Gasteiger charge is 2.06. The minimum Gasteiger partial charge on any atom is -0.385 e. The van der Waals surface area contributed by atoms with Gasteiger partial charge < -0.3 is 15.4 Å². The molecule has 2 aromatic rings. The van der Waals surface area contributed by atoms with Gasteiger partial charge in [-0.1, -0.05) is 11.6 Å². The predicted octanol–water partition coefficient (Wildman–Crippen LogP) is 4.22. The summed E-state index contributed by atoms with van der Waals surface area (Å²) in [6, 6.07) is 4.33. The number of hydrogen-bond donors (Lipinski definition) is 2. The van der Waals surface area contributed by atoms with E-state index in [4.69, 9.17) is 16.3 Å². The first-order chi connectivity index (χ1) is 10.6. The second-order valence-corrected chi connectivity index (χ2v) is 5.68. The lowest BCUT2D eigenvalue weighted by Crippen LogP contribution is -2.08. The average Bonchev–Trinajstić information content (AvgIpc) is 2.50. The van der Waals surface area contributed by atoms with Gasteiger partial charge >= 0.3 is 0 Å². The quantitative estimate of drug-likeness (QED) is 0.694. The summed E-state index contributed by atoms with van der Waals surface area (Å²) in [4.78, 5) is 8.52. The first-order valence-electron chi connectivity index (χ1n) is 6.57. The standard InChI is InChI=1S/C14H15BrClFN4O/c1-22-6-2-5-18-13-10(15)8-19-14(21-13)20-9-3-4-12(17)11(16)7-9/h3-4,7-8H,2,5-6H2,1H3,(H2,18,19,20,21). The molecule has 1 aromatic carbocycles. The third kappa shape index (κ3) is 4.79. The molecule has 0 aliphatic heterocycles. The largest absolute Gasteiger partial charge is 0.385 e. The van der Waals surface area contributed by atoms with E-state index in [2.05, 4.69) is 36.5 Å². The van der Waals surface area contributed by atoms with E-state index in [0.29, 0.717) is 24.1 Å². The number of aromatic nitrogens is 2. The molecular formula is C14H15BrClFN4O. The molecule has 0 saturated heterocycles. The van der Waals surface area contributed by atoms with Gasteiger partial charge in [-0.3, -0.25) is 0 Å². The molecular weight excluding hydrogens is 375 g/mol. The Bertz CT molecular complexity index is 644. The fraction of sp³-hybridized carbons (Fsp3) is 0.286. The van der Waals surface area contributed by atoms with E-state index < -0.39 is 5.82 Å². The number of ether oxygens (including phenoxy) is 1. The van der Waals surface area contributed by atoms with Crippen LogP contribution >= 0.6 is 27.5 Å². The zero-order valence-corrected chi connectivity index (χ0v) is 14.2. The van der Waals surface area contributed by atoms with Gasteiger partial charge in [-0.2, -0.15) is 4.98 Å². The molecule has 5 nitrogen and oxygen atoms in total. The molecule has 2 N–H and O–H groups in total. The highest BCUT2D eigenvalue weighted by Crippen LogP contribution is 2.24. The van der Waals surface area contributed by atoms with Crippen molar-refractivity contribution in [3.63, 3.8) is 0 Å². The molecule has 0 amide bonds. The van der Waals surface area contributed by atoms with Crippen molar-refractivity contribution < 1.29 is 9.13 Å². The van der Waals surface area contributed by atoms with Gasteiger partial charge in [0.1, 0.15) is 11.6 Å². The average molecular weight is 390 g/mol. The number of halogens is 3. The maximum absolute atomic E-state index is 13.1. The topological polar surface area (TPSA) is 59.1 Å². The Balaban J connectivity index is 2.06. The third-order valence-electron chi connectivity index (χ3n) is 2.74. The van der Waals surface area contributed by atoms with Crippen molar-refractivity contribution in [2.75, 3.05) is 30.9 Å². The van der Waals surface area contributed by atoms with Crippen LogP contribution in [-0.2, 0) is 4.74 Å². The lowest BCUT2D eigenvalue weighted by Gasteiger charge is -2.10. The molecule has 0 radical (unpaired) electrons. The molecule has 0 aliphatic rings. The van der Waals surface area contributed by atoms with Crippen LogP contribution in [0.2, 0.25) is 5.02 Å². The van der Waals surface area contributed by atoms with Crippen LogP contribution in [0.4, 0.5) is 21.8 Å². The van der Waals surface area contributed by atoms with Gasteiger partial charge in [-0.05, 0) is 40.5 Å². The molecule has 118 valence electrons. The molecule has 0 aliphatic carbocycles. The number of benzene rings is 1. The molecule has 1 aromatic heterocycles. The Morgan fingerprint density at radius 3 is 2.95 bits per heavy atom. The first-order valence-corrected chi connectivity index (χ1v) is 7.74. The van der Waals surface area contributed by atoms with Gasteiger partial charge in [0.2, 0.25) is 5.95 Å². The van der Waals surface area contributed by atoms with Gasteiger partial charge in [0.05, 0.1) is 9.50 Å². The van der Waals surface area contributed by atoms with Gasteiger partial charge in [-0.15, -0.1) is 0 Å². The van der Waals surface area contributed by atoms with Crippen molar-refractivity contribution in [3.8, 4) is 0 Å². The van der Waals surface area contributed by atoms with Crippen molar-refractivity contribution in [3.05, 3.63) is 39.7 Å². The van der Waals surface area contributed by atoms with Crippen LogP contribution in [0.15, 0.2) is 28.9 Å². The number of methoxy groups -OCH3 is 1. The molecule has 0 atom stereocenters. The Kier molecular flexibility index (Phi) is 6.35. The smallest absolute Gasteiger partial charge is 0.229 e. The van der Waals surface area contributed by atoms with Crippen molar-refractivity contribution in [2.45, 2.75) is 6.42 Å². The van der Waals surface area contributed by atoms with E-state index in [-0.39, 0.29) is 5.02 Å². The van der Waals surface area contributed by atoms with Crippen molar-refractivity contribution >= 4 is 45.0 Å². The van der Waals surface area contributed by atoms with Crippen LogP contribution in [0.3, 0.4) is 0 Å². The summed E-state index contributed by atoms with van der Waals surface area (Å²) in [5.41, 5.74) is 0.610. The summed E-state index contributed by atoms with van der Waals surface area (Å²) in [6.07, 6.45) is 2.50. The number of nitrogens with one attached hydrogen (secondary N) is 2. The third-order valence-corrected chi connectivity index (χ3v) is 3.61. The predicted molar refractivity (Wildman–Crippen MR) is 89.4 cm³/mol. The van der Waals surface area contributed by atoms with Crippen LogP contribution < -0.4 is 10.6 Å². The summed E-state index contributed by atoms with van der Waals surface area (Å²) in [5.74, 6) is 0.589. The minimum absolute atomic E-state index is 0.0417. The number of hydrogen-bond acceptors (Lipinski definition) is 5. The lowest BCUT2D eigenvalue weighted by atomic mass is 10.3. The molecule has 1 heterocycles. The van der Waals surface area contributed by atoms with Crippen LogP contribution in [0.1, 0.15) is 6.42 Å². The van der Waals surface area contributed by atoms with E-state index in [9.17, 15) is 4.39 Å². The minimum atomic E-state index is -0.468. The molecule has 22 heavy (non-hydrogen) atoms. The summed E-state index contributed by atoms with van der Waals surface area (Å²) in [5, 5.41) is 6.21. The number of anilines is 3. The molecule has 2 rings (SSSR count). The first kappa shape index (κ1) is 16.9. The summed E-state index contributed by atoms with van der Waals surface area (Å²) < 4.78 is 18.9. The van der Waals surface area contributed by atoms with Crippen molar-refractivity contribution in [1.29, 1.82) is 0 Å². The second kappa shape index (κ2) is 8.26. The number of nitrogens with zero attached hydrogens (tertiary/aromatic N) is 2. The van der Waals surface area contributed by atoms with Crippen LogP contribution in [0.5, 0.6) is 0 Å². The van der Waals surface area contributed by atoms with E-state index in [1.165, 1.54) is 12.1 Å². The molecule has 0 bridgehead atoms. The highest BCUT2D eigenvalue weighted by molar-refractivity contribution is 9.10. The Hall–Kier alpha value is -1.44. The van der Waals surface area contributed by atoms with Crippen LogP contribution in [0, 0.1) is 5.82 Å². The monoisotopic (exact) mass is 388 g/mol. The zero-order valence-electron chi connectivity index (χ0n) is 11.9. The van der Waals surface area contributed by atoms with Gasteiger partial charge in [0.15, 0.2) is 0 Å². The van der Waals surface area contributed by atoms with Gasteiger partial charge in [0, 0.05) is 32.1 Å². The van der Waals surface area contributed by atoms with E-state index in [1.807, 2.05) is 0 Å². The summed E-state index contributed by atoms with van der Waals surface area (Å²) in [6.45, 7) is 1.40. The Labute approximate surface area is 141 Å². The molecule has 0 saturated carbocycles. The van der Waals surface area contributed by atoms with Crippen LogP contribution in [-0.4, -0.2) is 30.2 Å². The maximum Gasteiger partial charge on any atom is 0.229 e. The van der Waals surface area contributed by atoms with Gasteiger partial charge in [-0.25, -0.2) is 9.37 Å². The van der Waals surface area contributed by atoms with Crippen LogP contribution in [0.25, 0.3) is 0 Å². The highest BCUT2D eigenvalue weighted by atomic mass is 79.9. The fourth-order valence-corrected chi connectivity index (χ4v) is 2.19. The van der Waals surface area contributed by atoms with Gasteiger partial charge in [0.25, 0.3) is 0 Å². The van der Waals surface area contributed by atoms with E-state index in [1.54, 1.807) is 19.4 Å². The SMILES string of the molecule is COCCCNc1nc(Nc2ccc(F)c(Cl)c2)ncc1Br. The van der Waals surface area contributed by atoms with Crippen molar-refractivity contribution in [2.24, 2.45) is 0 Å². The fourth-order valence-electron chi connectivity index (χ4n) is 1.68. The maximum atomic E-state index is 13.1. The summed E-state index contributed by atoms with van der Waals surface area (Å²) in [7, 11) is 1.66. The number of rotatable bonds is 7. The second-order valence-electron chi connectivity index (χ2n) is 4.42. The molecule has 0 unspecified atom stereocenters. The molecule has 8 heteroatoms. The lowest BCUT2D eigenvalue weighted by molar-refractivity contribution is 0.197. The molecule has 0 spiro atoms. The van der Waals surface area contributed by atoms with E-state index >= 15 is 0 Å². The summed E-state index contributed by atoms with van der Waals surface area (Å²) >= 11 is 9.14. The Morgan fingerprint density at radius 1 is 1.41 bits per heavy atom.